The van der Waals surface area contributed by atoms with E-state index in [1.165, 1.54) is 38.3 Å². The number of nitrogens with one attached hydrogen (secondary N) is 5. The Balaban J connectivity index is 0.000000405. The molecular weight excluding hydrogens is 752 g/mol. The first-order chi connectivity index (χ1) is 27.1. The van der Waals surface area contributed by atoms with Gasteiger partial charge in [-0.15, -0.1) is 0 Å². The van der Waals surface area contributed by atoms with Gasteiger partial charge in [-0.05, 0) is 32.1 Å². The summed E-state index contributed by atoms with van der Waals surface area (Å²) in [4.78, 5) is 131. The fourth-order valence-corrected chi connectivity index (χ4v) is 5.70. The molecule has 0 saturated heterocycles. The second kappa shape index (κ2) is 24.2. The summed E-state index contributed by atoms with van der Waals surface area (Å²) in [5, 5.41) is 12.8. The van der Waals surface area contributed by atoms with E-state index in [1.54, 1.807) is 0 Å². The molecule has 312 valence electrons. The molecule has 0 spiro atoms. The van der Waals surface area contributed by atoms with Crippen LogP contribution in [0, 0.1) is 0 Å². The van der Waals surface area contributed by atoms with E-state index < -0.39 is 47.9 Å². The lowest BCUT2D eigenvalue weighted by Gasteiger charge is -2.27. The molecule has 3 rings (SSSR count). The van der Waals surface area contributed by atoms with Crippen LogP contribution in [0.1, 0.15) is 58.8 Å². The van der Waals surface area contributed by atoms with Crippen molar-refractivity contribution in [2.45, 2.75) is 76.9 Å². The third-order valence-electron chi connectivity index (χ3n) is 8.52. The lowest BCUT2D eigenvalue weighted by Crippen LogP contribution is -2.59. The maximum Gasteiger partial charge on any atom is 0.407 e. The largest absolute Gasteiger partial charge is 0.453 e. The maximum atomic E-state index is 12.6. The van der Waals surface area contributed by atoms with Crippen molar-refractivity contribution in [2.75, 3.05) is 46.9 Å². The first-order valence-corrected chi connectivity index (χ1v) is 18.2. The van der Waals surface area contributed by atoms with Crippen molar-refractivity contribution in [1.82, 2.24) is 41.3 Å². The van der Waals surface area contributed by atoms with E-state index in [2.05, 4.69) is 36.1 Å². The van der Waals surface area contributed by atoms with Crippen LogP contribution in [0.3, 0.4) is 0 Å². The van der Waals surface area contributed by atoms with E-state index in [9.17, 15) is 52.7 Å². The quantitative estimate of drug-likeness (QED) is 0.0667. The van der Waals surface area contributed by atoms with Gasteiger partial charge in [0, 0.05) is 88.6 Å². The molecular formula is C36H50N8O13. The molecule has 0 aliphatic carbocycles. The molecule has 0 aromatic heterocycles. The molecule has 11 amide bonds. The number of carbonyl (C=O) groups is 11. The molecule has 3 aliphatic rings. The lowest BCUT2D eigenvalue weighted by molar-refractivity contribution is -0.139. The maximum absolute atomic E-state index is 12.6. The van der Waals surface area contributed by atoms with Gasteiger partial charge in [-0.3, -0.25) is 57.9 Å². The van der Waals surface area contributed by atoms with Gasteiger partial charge in [-0.25, -0.2) is 9.59 Å². The number of hydrogen-bond acceptors (Lipinski definition) is 13. The number of ether oxygens (including phenoxy) is 2. The molecule has 5 N–H and O–H groups in total. The van der Waals surface area contributed by atoms with E-state index >= 15 is 0 Å². The number of nitrogens with zero attached hydrogens (tertiary/aromatic N) is 3. The first-order valence-electron chi connectivity index (χ1n) is 18.2. The Morgan fingerprint density at radius 2 is 1.02 bits per heavy atom. The summed E-state index contributed by atoms with van der Waals surface area (Å²) in [7, 11) is 2.32. The normalized spacial score (nSPS) is 15.4. The summed E-state index contributed by atoms with van der Waals surface area (Å²) < 4.78 is 9.11. The Labute approximate surface area is 328 Å². The van der Waals surface area contributed by atoms with Gasteiger partial charge in [0.05, 0.1) is 20.3 Å². The van der Waals surface area contributed by atoms with Gasteiger partial charge in [0.15, 0.2) is 0 Å². The number of imide groups is 3. The fourth-order valence-electron chi connectivity index (χ4n) is 5.70. The van der Waals surface area contributed by atoms with E-state index in [-0.39, 0.29) is 61.6 Å². The van der Waals surface area contributed by atoms with Crippen molar-refractivity contribution >= 4 is 65.4 Å². The SMILES string of the molecule is CC(=O)NC(CCCN1C(=O)C=CC1=O)CCCN1C(=O)C=CC1=O.CCCC(NC(=O)OC)C(NC(=O)OC)C(=O)NCCNC(=O)CCN1C(=O)C=CC1=O. The molecule has 0 fully saturated rings. The number of alkyl carbamates (subject to hydrolysis) is 2. The number of rotatable bonds is 21. The smallest absolute Gasteiger partial charge is 0.407 e. The summed E-state index contributed by atoms with van der Waals surface area (Å²) in [5.74, 6) is -3.40. The highest BCUT2D eigenvalue weighted by Gasteiger charge is 2.31. The van der Waals surface area contributed by atoms with Crippen molar-refractivity contribution in [3.63, 3.8) is 0 Å². The van der Waals surface area contributed by atoms with Crippen molar-refractivity contribution in [2.24, 2.45) is 0 Å². The molecule has 0 saturated carbocycles. The highest BCUT2D eigenvalue weighted by Crippen LogP contribution is 2.12. The standard InChI is InChI=1S/C19H29N5O8.C17H21N3O5/c1-4-5-12(22-18(29)31-2)16(23-19(30)32-3)17(28)21-10-9-20-13(25)8-11-24-14(26)6-7-15(24)27;1-12(21)18-13(4-2-10-19-14(22)6-7-15(19)23)5-3-11-20-16(24)8-9-17(20)25/h6-7,12,16H,4-5,8-11H2,1-3H3,(H,20,25)(H,21,28)(H,22,29)(H,23,30);6-9,13H,2-5,10-11H2,1H3,(H,18,21). The number of methoxy groups -OCH3 is 2. The minimum Gasteiger partial charge on any atom is -0.453 e. The highest BCUT2D eigenvalue weighted by atomic mass is 16.5. The van der Waals surface area contributed by atoms with Crippen LogP contribution in [0.15, 0.2) is 36.5 Å². The van der Waals surface area contributed by atoms with Gasteiger partial charge in [-0.1, -0.05) is 13.3 Å². The molecule has 0 aromatic carbocycles. The zero-order chi connectivity index (χ0) is 42.5. The minimum atomic E-state index is -1.14. The second-order valence-electron chi connectivity index (χ2n) is 12.7. The van der Waals surface area contributed by atoms with Gasteiger partial charge >= 0.3 is 12.2 Å². The first kappa shape index (κ1) is 46.7. The summed E-state index contributed by atoms with van der Waals surface area (Å²) >= 11 is 0. The summed E-state index contributed by atoms with van der Waals surface area (Å²) in [5.41, 5.74) is 0. The van der Waals surface area contributed by atoms with Crippen molar-refractivity contribution < 1.29 is 62.2 Å². The molecule has 57 heavy (non-hydrogen) atoms. The Bertz CT molecular complexity index is 1540. The van der Waals surface area contributed by atoms with Crippen LogP contribution >= 0.6 is 0 Å². The third kappa shape index (κ3) is 16.1. The Hall–Kier alpha value is -6.41. The lowest BCUT2D eigenvalue weighted by atomic mass is 10.0. The van der Waals surface area contributed by atoms with Crippen LogP contribution in [0.2, 0.25) is 0 Å². The molecule has 21 heteroatoms. The van der Waals surface area contributed by atoms with Crippen molar-refractivity contribution in [1.29, 1.82) is 0 Å². The van der Waals surface area contributed by atoms with E-state index in [1.807, 2.05) is 6.92 Å². The van der Waals surface area contributed by atoms with E-state index in [4.69, 9.17) is 0 Å². The number of carbonyl (C=O) groups excluding carboxylic acids is 11. The highest BCUT2D eigenvalue weighted by molar-refractivity contribution is 6.14. The predicted molar refractivity (Wildman–Crippen MR) is 198 cm³/mol. The molecule has 2 unspecified atom stereocenters. The average molecular weight is 803 g/mol. The predicted octanol–water partition coefficient (Wildman–Crippen LogP) is -1.32. The van der Waals surface area contributed by atoms with Gasteiger partial charge in [-0.2, -0.15) is 0 Å². The van der Waals surface area contributed by atoms with Crippen LogP contribution < -0.4 is 26.6 Å². The number of hydrogen-bond donors (Lipinski definition) is 5. The minimum absolute atomic E-state index is 0.0319. The zero-order valence-corrected chi connectivity index (χ0v) is 32.3. The molecule has 2 atom stereocenters. The molecule has 21 nitrogen and oxygen atoms in total. The molecule has 0 radical (unpaired) electrons. The summed E-state index contributed by atoms with van der Waals surface area (Å²) in [6.07, 6.45) is 8.83. The summed E-state index contributed by atoms with van der Waals surface area (Å²) in [6.45, 7) is 3.91. The van der Waals surface area contributed by atoms with Gasteiger partial charge in [0.1, 0.15) is 6.04 Å². The third-order valence-corrected chi connectivity index (χ3v) is 8.52. The Kier molecular flexibility index (Phi) is 19.8. The molecule has 3 aliphatic heterocycles. The Morgan fingerprint density at radius 3 is 1.44 bits per heavy atom. The van der Waals surface area contributed by atoms with Crippen molar-refractivity contribution in [3.8, 4) is 0 Å². The topological polar surface area (TPSA) is 276 Å². The van der Waals surface area contributed by atoms with Crippen LogP contribution in [0.25, 0.3) is 0 Å². The van der Waals surface area contributed by atoms with E-state index in [0.717, 1.165) is 34.0 Å². The Morgan fingerprint density at radius 1 is 0.596 bits per heavy atom. The zero-order valence-electron chi connectivity index (χ0n) is 32.3. The monoisotopic (exact) mass is 802 g/mol. The van der Waals surface area contributed by atoms with Gasteiger partial charge < -0.3 is 36.1 Å². The van der Waals surface area contributed by atoms with Crippen molar-refractivity contribution in [3.05, 3.63) is 36.5 Å². The molecule has 0 bridgehead atoms. The molecule has 3 heterocycles. The van der Waals surface area contributed by atoms with Crippen LogP contribution in [-0.4, -0.2) is 145 Å². The fraction of sp³-hybridized carbons (Fsp3) is 0.528. The van der Waals surface area contributed by atoms with Gasteiger partial charge in [0.25, 0.3) is 35.4 Å². The average Bonchev–Trinajstić information content (AvgIpc) is 3.80. The van der Waals surface area contributed by atoms with Gasteiger partial charge in [0.2, 0.25) is 17.7 Å². The van der Waals surface area contributed by atoms with Crippen LogP contribution in [0.4, 0.5) is 9.59 Å². The number of amides is 11. The van der Waals surface area contributed by atoms with E-state index in [0.29, 0.717) is 51.6 Å². The van der Waals surface area contributed by atoms with Crippen LogP contribution in [-0.2, 0) is 52.6 Å². The summed E-state index contributed by atoms with van der Waals surface area (Å²) in [6, 6.07) is -2.04. The molecule has 0 aromatic rings. The second-order valence-corrected chi connectivity index (χ2v) is 12.7. The van der Waals surface area contributed by atoms with Crippen LogP contribution in [0.5, 0.6) is 0 Å².